The Kier molecular flexibility index (Phi) is 3.31. The van der Waals surface area contributed by atoms with E-state index in [0.29, 0.717) is 0 Å². The van der Waals surface area contributed by atoms with Gasteiger partial charge in [0.25, 0.3) is 0 Å². The Balaban J connectivity index is 3.45. The van der Waals surface area contributed by atoms with Crippen molar-refractivity contribution in [3.8, 4) is 0 Å². The van der Waals surface area contributed by atoms with Gasteiger partial charge in [0.15, 0.2) is 0 Å². The van der Waals surface area contributed by atoms with Crippen molar-refractivity contribution in [2.24, 2.45) is 0 Å². The molecule has 0 fully saturated rings. The molecule has 0 bridgehead atoms. The third kappa shape index (κ3) is 2.70. The van der Waals surface area contributed by atoms with Crippen LogP contribution in [0.2, 0.25) is 10.3 Å². The van der Waals surface area contributed by atoms with Gasteiger partial charge in [-0.25, -0.2) is 4.98 Å². The number of aromatic nitrogens is 1. The summed E-state index contributed by atoms with van der Waals surface area (Å²) in [5.41, 5.74) is -3.35. The van der Waals surface area contributed by atoms with Crippen LogP contribution in [0, 0.1) is 0 Å². The Morgan fingerprint density at radius 2 is 1.12 bits per heavy atom. The molecule has 0 saturated heterocycles. The van der Waals surface area contributed by atoms with Crippen molar-refractivity contribution in [2.45, 2.75) is 12.4 Å². The van der Waals surface area contributed by atoms with E-state index in [1.54, 1.807) is 0 Å². The number of hydrogen-bond acceptors (Lipinski definition) is 1. The highest BCUT2D eigenvalue weighted by Crippen LogP contribution is 2.40. The largest absolute Gasteiger partial charge is 0.419 e. The van der Waals surface area contributed by atoms with E-state index in [9.17, 15) is 26.3 Å². The zero-order valence-corrected chi connectivity index (χ0v) is 8.56. The highest BCUT2D eigenvalue weighted by atomic mass is 35.5. The fraction of sp³-hybridized carbons (Fsp3) is 0.286. The number of alkyl halides is 6. The van der Waals surface area contributed by atoms with Crippen molar-refractivity contribution in [3.05, 3.63) is 27.5 Å². The van der Waals surface area contributed by atoms with Gasteiger partial charge >= 0.3 is 12.4 Å². The van der Waals surface area contributed by atoms with E-state index in [0.717, 1.165) is 0 Å². The maximum atomic E-state index is 12.2. The van der Waals surface area contributed by atoms with Crippen LogP contribution >= 0.6 is 23.2 Å². The van der Waals surface area contributed by atoms with Gasteiger partial charge in [0.1, 0.15) is 10.3 Å². The second-order valence-electron chi connectivity index (χ2n) is 2.66. The van der Waals surface area contributed by atoms with Crippen LogP contribution in [0.15, 0.2) is 6.07 Å². The third-order valence-corrected chi connectivity index (χ3v) is 2.12. The first-order valence-electron chi connectivity index (χ1n) is 3.54. The molecule has 0 atom stereocenters. The summed E-state index contributed by atoms with van der Waals surface area (Å²) < 4.78 is 73.3. The minimum Gasteiger partial charge on any atom is -0.223 e. The topological polar surface area (TPSA) is 12.9 Å². The molecule has 1 aromatic rings. The lowest BCUT2D eigenvalue weighted by atomic mass is 10.2. The maximum absolute atomic E-state index is 12.2. The molecule has 0 saturated carbocycles. The first-order chi connectivity index (χ1) is 7.03. The molecule has 90 valence electrons. The molecule has 0 amide bonds. The molecule has 9 heteroatoms. The summed E-state index contributed by atoms with van der Waals surface area (Å²) >= 11 is 10.1. The SMILES string of the molecule is FC(F)(F)c1cc(C(F)(F)F)c(Cl)nc1Cl. The van der Waals surface area contributed by atoms with Gasteiger partial charge in [0, 0.05) is 0 Å². The zero-order valence-electron chi connectivity index (χ0n) is 7.05. The molecule has 1 heterocycles. The lowest BCUT2D eigenvalue weighted by molar-refractivity contribution is -0.143. The predicted octanol–water partition coefficient (Wildman–Crippen LogP) is 4.43. The van der Waals surface area contributed by atoms with Crippen LogP contribution in [0.1, 0.15) is 11.1 Å². The molecular weight excluding hydrogens is 283 g/mol. The third-order valence-electron chi connectivity index (χ3n) is 1.54. The van der Waals surface area contributed by atoms with Crippen molar-refractivity contribution in [1.82, 2.24) is 4.98 Å². The van der Waals surface area contributed by atoms with Crippen molar-refractivity contribution >= 4 is 23.2 Å². The van der Waals surface area contributed by atoms with E-state index >= 15 is 0 Å². The second kappa shape index (κ2) is 3.96. The molecule has 1 rings (SSSR count). The Morgan fingerprint density at radius 3 is 1.38 bits per heavy atom. The molecule has 1 aromatic heterocycles. The standard InChI is InChI=1S/C7HCl2F6N/c8-4-2(6(10,11)12)1-3(5(9)16-4)7(13,14)15/h1H. The van der Waals surface area contributed by atoms with Gasteiger partial charge in [-0.3, -0.25) is 0 Å². The average Bonchev–Trinajstić information content (AvgIpc) is 1.97. The highest BCUT2D eigenvalue weighted by Gasteiger charge is 2.40. The normalized spacial score (nSPS) is 13.0. The van der Waals surface area contributed by atoms with E-state index in [1.165, 1.54) is 0 Å². The minimum atomic E-state index is -5.02. The van der Waals surface area contributed by atoms with Crippen LogP contribution < -0.4 is 0 Å². The Labute approximate surface area is 95.0 Å². The van der Waals surface area contributed by atoms with Crippen LogP contribution in [0.4, 0.5) is 26.3 Å². The monoisotopic (exact) mass is 283 g/mol. The molecule has 0 aliphatic carbocycles. The number of nitrogens with zero attached hydrogens (tertiary/aromatic N) is 1. The van der Waals surface area contributed by atoms with Gasteiger partial charge in [0.05, 0.1) is 11.1 Å². The summed E-state index contributed by atoms with van der Waals surface area (Å²) in [7, 11) is 0. The molecule has 0 unspecified atom stereocenters. The van der Waals surface area contributed by atoms with Gasteiger partial charge in [0.2, 0.25) is 0 Å². The van der Waals surface area contributed by atoms with Crippen LogP contribution in [-0.2, 0) is 12.4 Å². The first-order valence-corrected chi connectivity index (χ1v) is 4.29. The van der Waals surface area contributed by atoms with Crippen LogP contribution in [0.3, 0.4) is 0 Å². The van der Waals surface area contributed by atoms with Crippen molar-refractivity contribution in [2.75, 3.05) is 0 Å². The molecule has 0 N–H and O–H groups in total. The molecule has 16 heavy (non-hydrogen) atoms. The summed E-state index contributed by atoms with van der Waals surface area (Å²) in [5.74, 6) is 0. The fourth-order valence-corrected chi connectivity index (χ4v) is 1.40. The van der Waals surface area contributed by atoms with Crippen molar-refractivity contribution in [3.63, 3.8) is 0 Å². The number of hydrogen-bond donors (Lipinski definition) is 0. The zero-order chi connectivity index (χ0) is 12.7. The summed E-state index contributed by atoms with van der Waals surface area (Å²) in [4.78, 5) is 2.80. The second-order valence-corrected chi connectivity index (χ2v) is 3.38. The summed E-state index contributed by atoms with van der Waals surface area (Å²) in [6.07, 6.45) is -10.0. The van der Waals surface area contributed by atoms with E-state index in [2.05, 4.69) is 4.98 Å². The maximum Gasteiger partial charge on any atom is 0.419 e. The smallest absolute Gasteiger partial charge is 0.223 e. The van der Waals surface area contributed by atoms with E-state index in [4.69, 9.17) is 23.2 Å². The van der Waals surface area contributed by atoms with Gasteiger partial charge in [-0.2, -0.15) is 26.3 Å². The average molecular weight is 284 g/mol. The predicted molar refractivity (Wildman–Crippen MR) is 44.3 cm³/mol. The molecule has 0 spiro atoms. The Morgan fingerprint density at radius 1 is 0.812 bits per heavy atom. The molecular formula is C7HCl2F6N. The van der Waals surface area contributed by atoms with Crippen molar-refractivity contribution < 1.29 is 26.3 Å². The molecule has 0 aliphatic rings. The first kappa shape index (κ1) is 13.4. The van der Waals surface area contributed by atoms with Crippen LogP contribution in [0.25, 0.3) is 0 Å². The van der Waals surface area contributed by atoms with Crippen molar-refractivity contribution in [1.29, 1.82) is 0 Å². The Hall–Kier alpha value is -0.690. The molecule has 0 aromatic carbocycles. The quantitative estimate of drug-likeness (QED) is 0.507. The minimum absolute atomic E-state index is 0.169. The molecule has 1 nitrogen and oxygen atoms in total. The number of pyridine rings is 1. The van der Waals surface area contributed by atoms with E-state index in [-0.39, 0.29) is 6.07 Å². The fourth-order valence-electron chi connectivity index (χ4n) is 0.868. The summed E-state index contributed by atoms with van der Waals surface area (Å²) in [6.45, 7) is 0. The summed E-state index contributed by atoms with van der Waals surface area (Å²) in [5, 5.41) is -2.24. The van der Waals surface area contributed by atoms with E-state index in [1.807, 2.05) is 0 Å². The lowest BCUT2D eigenvalue weighted by Gasteiger charge is -2.13. The molecule has 0 radical (unpaired) electrons. The van der Waals surface area contributed by atoms with Crippen LogP contribution in [0.5, 0.6) is 0 Å². The summed E-state index contributed by atoms with van der Waals surface area (Å²) in [6, 6.07) is -0.169. The molecule has 0 aliphatic heterocycles. The van der Waals surface area contributed by atoms with Gasteiger partial charge < -0.3 is 0 Å². The lowest BCUT2D eigenvalue weighted by Crippen LogP contribution is -2.13. The van der Waals surface area contributed by atoms with Crippen LogP contribution in [-0.4, -0.2) is 4.98 Å². The highest BCUT2D eigenvalue weighted by molar-refractivity contribution is 6.33. The Bertz CT molecular complexity index is 375. The van der Waals surface area contributed by atoms with Gasteiger partial charge in [-0.05, 0) is 6.07 Å². The van der Waals surface area contributed by atoms with E-state index < -0.39 is 33.8 Å². The van der Waals surface area contributed by atoms with Gasteiger partial charge in [-0.15, -0.1) is 0 Å². The number of rotatable bonds is 0. The van der Waals surface area contributed by atoms with Gasteiger partial charge in [-0.1, -0.05) is 23.2 Å². The number of halogens is 8.